The Bertz CT molecular complexity index is 382. The largest absolute Gasteiger partial charge is 0.444 e. The van der Waals surface area contributed by atoms with E-state index in [1.54, 1.807) is 27.7 Å². The van der Waals surface area contributed by atoms with Crippen LogP contribution in [0, 0.1) is 5.92 Å². The second-order valence-corrected chi connectivity index (χ2v) is 6.13. The molecular formula is C16H27NO4. The minimum absolute atomic E-state index is 0.00194. The molecule has 1 atom stereocenters. The summed E-state index contributed by atoms with van der Waals surface area (Å²) in [6.07, 6.45) is 2.99. The Kier molecular flexibility index (Phi) is 8.58. The lowest BCUT2D eigenvalue weighted by Crippen LogP contribution is -2.36. The molecule has 21 heavy (non-hydrogen) atoms. The van der Waals surface area contributed by atoms with Crippen molar-refractivity contribution >= 4 is 17.7 Å². The Morgan fingerprint density at radius 3 is 2.29 bits per heavy atom. The number of hydrogen-bond acceptors (Lipinski definition) is 4. The van der Waals surface area contributed by atoms with E-state index in [4.69, 9.17) is 4.74 Å². The second-order valence-electron chi connectivity index (χ2n) is 6.13. The Balaban J connectivity index is 3.87. The van der Waals surface area contributed by atoms with Crippen molar-refractivity contribution in [1.82, 2.24) is 5.32 Å². The molecule has 0 aromatic rings. The highest BCUT2D eigenvalue weighted by Crippen LogP contribution is 2.09. The Hall–Kier alpha value is -1.65. The van der Waals surface area contributed by atoms with Gasteiger partial charge in [0.2, 0.25) is 0 Å². The summed E-state index contributed by atoms with van der Waals surface area (Å²) in [4.78, 5) is 34.3. The van der Waals surface area contributed by atoms with Gasteiger partial charge in [0.15, 0.2) is 5.78 Å². The van der Waals surface area contributed by atoms with Crippen LogP contribution in [-0.2, 0) is 14.3 Å². The molecule has 1 unspecified atom stereocenters. The normalized spacial score (nSPS) is 12.4. The maximum atomic E-state index is 11.9. The predicted molar refractivity (Wildman–Crippen MR) is 82.1 cm³/mol. The second kappa shape index (κ2) is 9.32. The number of hydrogen-bond donors (Lipinski definition) is 1. The molecular weight excluding hydrogens is 270 g/mol. The minimum atomic E-state index is -0.547. The number of amides is 1. The summed E-state index contributed by atoms with van der Waals surface area (Å²) in [5.74, 6) is -0.174. The summed E-state index contributed by atoms with van der Waals surface area (Å²) in [7, 11) is 0. The number of Topliss-reactive ketones (excluding diaryl/α,β-unsaturated/α-hetero) is 1. The van der Waals surface area contributed by atoms with Gasteiger partial charge < -0.3 is 10.1 Å². The molecule has 0 rings (SSSR count). The van der Waals surface area contributed by atoms with Crippen molar-refractivity contribution in [2.45, 2.75) is 59.0 Å². The topological polar surface area (TPSA) is 72.5 Å². The number of ether oxygens (including phenoxy) is 1. The van der Waals surface area contributed by atoms with Gasteiger partial charge in [0.1, 0.15) is 11.4 Å². The van der Waals surface area contributed by atoms with E-state index in [0.717, 1.165) is 0 Å². The molecule has 0 aromatic heterocycles. The van der Waals surface area contributed by atoms with E-state index in [0.29, 0.717) is 25.7 Å². The first kappa shape index (κ1) is 19.4. The quantitative estimate of drug-likeness (QED) is 0.524. The summed E-state index contributed by atoms with van der Waals surface area (Å²) in [6.45, 7) is 10.8. The van der Waals surface area contributed by atoms with Gasteiger partial charge in [-0.05, 0) is 39.7 Å². The van der Waals surface area contributed by atoms with Crippen LogP contribution < -0.4 is 5.32 Å². The lowest BCUT2D eigenvalue weighted by atomic mass is 10.0. The molecule has 0 saturated carbocycles. The number of rotatable bonds is 9. The monoisotopic (exact) mass is 297 g/mol. The van der Waals surface area contributed by atoms with Crippen LogP contribution in [0.2, 0.25) is 0 Å². The van der Waals surface area contributed by atoms with E-state index < -0.39 is 11.7 Å². The lowest BCUT2D eigenvalue weighted by Gasteiger charge is -2.20. The average Bonchev–Trinajstić information content (AvgIpc) is 2.38. The van der Waals surface area contributed by atoms with E-state index in [1.807, 2.05) is 0 Å². The van der Waals surface area contributed by atoms with Crippen molar-refractivity contribution < 1.29 is 19.1 Å². The van der Waals surface area contributed by atoms with Crippen molar-refractivity contribution in [3.63, 3.8) is 0 Å². The van der Waals surface area contributed by atoms with E-state index in [2.05, 4.69) is 11.9 Å². The highest BCUT2D eigenvalue weighted by atomic mass is 16.6. The summed E-state index contributed by atoms with van der Waals surface area (Å²) in [6, 6.07) is 0. The van der Waals surface area contributed by atoms with Gasteiger partial charge in [0.05, 0.1) is 0 Å². The van der Waals surface area contributed by atoms with Crippen LogP contribution in [0.25, 0.3) is 0 Å². The van der Waals surface area contributed by atoms with Crippen LogP contribution in [0.5, 0.6) is 0 Å². The smallest absolute Gasteiger partial charge is 0.407 e. The molecule has 1 amide bonds. The number of nitrogens with one attached hydrogen (secondary N) is 1. The average molecular weight is 297 g/mol. The van der Waals surface area contributed by atoms with Crippen molar-refractivity contribution in [2.75, 3.05) is 6.54 Å². The summed E-state index contributed by atoms with van der Waals surface area (Å²) < 4.78 is 5.10. The zero-order valence-electron chi connectivity index (χ0n) is 13.5. The number of allylic oxidation sites excluding steroid dienone is 1. The lowest BCUT2D eigenvalue weighted by molar-refractivity contribution is -0.122. The van der Waals surface area contributed by atoms with E-state index in [1.165, 1.54) is 6.08 Å². The van der Waals surface area contributed by atoms with Gasteiger partial charge in [0.25, 0.3) is 0 Å². The highest BCUT2D eigenvalue weighted by molar-refractivity contribution is 5.89. The van der Waals surface area contributed by atoms with Gasteiger partial charge in [-0.3, -0.25) is 9.59 Å². The molecule has 0 spiro atoms. The van der Waals surface area contributed by atoms with Crippen molar-refractivity contribution in [1.29, 1.82) is 0 Å². The van der Waals surface area contributed by atoms with Crippen LogP contribution >= 0.6 is 0 Å². The Morgan fingerprint density at radius 1 is 1.19 bits per heavy atom. The Morgan fingerprint density at radius 2 is 1.76 bits per heavy atom. The molecule has 1 N–H and O–H groups in total. The fraction of sp³-hybridized carbons (Fsp3) is 0.688. The first-order valence-corrected chi connectivity index (χ1v) is 7.30. The number of alkyl carbamates (subject to hydrolysis) is 1. The maximum absolute atomic E-state index is 11.9. The van der Waals surface area contributed by atoms with Crippen LogP contribution in [0.4, 0.5) is 4.79 Å². The number of carbonyl (C=O) groups is 3. The van der Waals surface area contributed by atoms with E-state index in [9.17, 15) is 14.4 Å². The summed E-state index contributed by atoms with van der Waals surface area (Å²) >= 11 is 0. The number of carbonyl (C=O) groups excluding carboxylic acids is 3. The van der Waals surface area contributed by atoms with Crippen LogP contribution in [-0.4, -0.2) is 29.8 Å². The summed E-state index contributed by atoms with van der Waals surface area (Å²) in [5, 5.41) is 2.59. The molecule has 0 saturated heterocycles. The van der Waals surface area contributed by atoms with Crippen molar-refractivity contribution in [3.05, 3.63) is 12.7 Å². The fourth-order valence-electron chi connectivity index (χ4n) is 1.61. The van der Waals surface area contributed by atoms with Crippen molar-refractivity contribution in [3.8, 4) is 0 Å². The van der Waals surface area contributed by atoms with Crippen LogP contribution in [0.3, 0.4) is 0 Å². The molecule has 5 nitrogen and oxygen atoms in total. The van der Waals surface area contributed by atoms with Gasteiger partial charge in [-0.25, -0.2) is 4.79 Å². The molecule has 120 valence electrons. The van der Waals surface area contributed by atoms with Crippen molar-refractivity contribution in [2.24, 2.45) is 5.92 Å². The van der Waals surface area contributed by atoms with Crippen LogP contribution in [0.15, 0.2) is 12.7 Å². The van der Waals surface area contributed by atoms with Gasteiger partial charge in [-0.1, -0.05) is 13.5 Å². The standard InChI is InChI=1S/C16H27NO4/c1-6-13(18)9-7-8-10-14(19)12(2)11-17-15(20)21-16(3,4)5/h6,12H,1,7-11H2,2-5H3,(H,17,20). The van der Waals surface area contributed by atoms with Gasteiger partial charge in [-0.2, -0.15) is 0 Å². The van der Waals surface area contributed by atoms with E-state index in [-0.39, 0.29) is 24.0 Å². The molecule has 0 aromatic carbocycles. The highest BCUT2D eigenvalue weighted by Gasteiger charge is 2.18. The maximum Gasteiger partial charge on any atom is 0.407 e. The molecule has 0 aliphatic carbocycles. The fourth-order valence-corrected chi connectivity index (χ4v) is 1.61. The SMILES string of the molecule is C=CC(=O)CCCCC(=O)C(C)CNC(=O)OC(C)(C)C. The zero-order valence-corrected chi connectivity index (χ0v) is 13.5. The molecule has 0 bridgehead atoms. The van der Waals surface area contributed by atoms with E-state index >= 15 is 0 Å². The summed E-state index contributed by atoms with van der Waals surface area (Å²) in [5.41, 5.74) is -0.547. The predicted octanol–water partition coefficient (Wildman–Crippen LogP) is 3.03. The molecule has 0 aliphatic rings. The van der Waals surface area contributed by atoms with Crippen LogP contribution in [0.1, 0.15) is 53.4 Å². The number of unbranched alkanes of at least 4 members (excludes halogenated alkanes) is 1. The molecule has 0 heterocycles. The zero-order chi connectivity index (χ0) is 16.5. The molecule has 5 heteroatoms. The number of ketones is 2. The van der Waals surface area contributed by atoms with Gasteiger partial charge >= 0.3 is 6.09 Å². The Labute approximate surface area is 127 Å². The first-order chi connectivity index (χ1) is 9.65. The third-order valence-electron chi connectivity index (χ3n) is 2.83. The molecule has 0 fully saturated rings. The third kappa shape index (κ3) is 10.8. The molecule has 0 radical (unpaired) electrons. The van der Waals surface area contributed by atoms with Gasteiger partial charge in [0, 0.05) is 25.3 Å². The molecule has 0 aliphatic heterocycles. The van der Waals surface area contributed by atoms with Gasteiger partial charge in [-0.15, -0.1) is 0 Å². The third-order valence-corrected chi connectivity index (χ3v) is 2.83. The minimum Gasteiger partial charge on any atom is -0.444 e. The first-order valence-electron chi connectivity index (χ1n) is 7.30.